The highest BCUT2D eigenvalue weighted by atomic mass is 32.1. The van der Waals surface area contributed by atoms with Crippen molar-refractivity contribution in [1.82, 2.24) is 4.37 Å². The van der Waals surface area contributed by atoms with Crippen LogP contribution in [0.1, 0.15) is 4.88 Å². The summed E-state index contributed by atoms with van der Waals surface area (Å²) in [7, 11) is 2.08. The van der Waals surface area contributed by atoms with E-state index in [-0.39, 0.29) is 0 Å². The summed E-state index contributed by atoms with van der Waals surface area (Å²) in [6.45, 7) is 0.874. The third kappa shape index (κ3) is 2.55. The average Bonchev–Trinajstić information content (AvgIpc) is 3.09. The van der Waals surface area contributed by atoms with Crippen LogP contribution in [0.5, 0.6) is 0 Å². The van der Waals surface area contributed by atoms with Gasteiger partial charge in [-0.25, -0.2) is 0 Å². The van der Waals surface area contributed by atoms with E-state index in [1.807, 2.05) is 18.2 Å². The number of nitrogen functional groups attached to an aromatic ring is 1. The fourth-order valence-electron chi connectivity index (χ4n) is 2.14. The maximum atomic E-state index is 6.06. The van der Waals surface area contributed by atoms with Crippen LogP contribution in [-0.4, -0.2) is 11.4 Å². The Kier molecular flexibility index (Phi) is 3.71. The molecule has 0 atom stereocenters. The third-order valence-corrected chi connectivity index (χ3v) is 4.92. The minimum atomic E-state index is 0.606. The Bertz CT molecular complexity index is 674. The van der Waals surface area contributed by atoms with E-state index in [9.17, 15) is 0 Å². The Morgan fingerprint density at radius 3 is 2.65 bits per heavy atom. The summed E-state index contributed by atoms with van der Waals surface area (Å²) >= 11 is 3.22. The highest BCUT2D eigenvalue weighted by molar-refractivity contribution is 7.11. The fourth-order valence-corrected chi connectivity index (χ4v) is 3.69. The van der Waals surface area contributed by atoms with Gasteiger partial charge in [-0.1, -0.05) is 36.4 Å². The molecule has 3 rings (SSSR count). The second-order valence-electron chi connectivity index (χ2n) is 4.55. The summed E-state index contributed by atoms with van der Waals surface area (Å²) < 4.78 is 4.32. The van der Waals surface area contributed by atoms with Gasteiger partial charge in [0.05, 0.1) is 12.1 Å². The number of rotatable bonds is 4. The van der Waals surface area contributed by atoms with Crippen molar-refractivity contribution in [2.24, 2.45) is 0 Å². The van der Waals surface area contributed by atoms with Crippen LogP contribution in [0.3, 0.4) is 0 Å². The average molecular weight is 301 g/mol. The molecule has 0 unspecified atom stereocenters. The van der Waals surface area contributed by atoms with E-state index < -0.39 is 0 Å². The molecule has 0 amide bonds. The molecule has 0 spiro atoms. The van der Waals surface area contributed by atoms with E-state index >= 15 is 0 Å². The van der Waals surface area contributed by atoms with Gasteiger partial charge in [0.1, 0.15) is 10.8 Å². The highest BCUT2D eigenvalue weighted by Gasteiger charge is 2.17. The Morgan fingerprint density at radius 1 is 1.15 bits per heavy atom. The summed E-state index contributed by atoms with van der Waals surface area (Å²) in [5.41, 5.74) is 8.21. The van der Waals surface area contributed by atoms with Crippen molar-refractivity contribution in [1.29, 1.82) is 0 Å². The zero-order chi connectivity index (χ0) is 13.9. The minimum Gasteiger partial charge on any atom is -0.382 e. The lowest BCUT2D eigenvalue weighted by Crippen LogP contribution is -2.15. The van der Waals surface area contributed by atoms with Crippen LogP contribution in [0.15, 0.2) is 47.8 Å². The van der Waals surface area contributed by atoms with Crippen LogP contribution in [0.25, 0.3) is 11.1 Å². The summed E-state index contributed by atoms with van der Waals surface area (Å²) in [5, 5.41) is 3.21. The van der Waals surface area contributed by atoms with Crippen molar-refractivity contribution in [3.63, 3.8) is 0 Å². The third-order valence-electron chi connectivity index (χ3n) is 3.08. The zero-order valence-electron chi connectivity index (χ0n) is 11.1. The molecule has 5 heteroatoms. The second kappa shape index (κ2) is 5.64. The molecule has 1 aromatic carbocycles. The summed E-state index contributed by atoms with van der Waals surface area (Å²) in [5.74, 6) is 0.606. The van der Waals surface area contributed by atoms with Crippen molar-refractivity contribution < 1.29 is 0 Å². The Morgan fingerprint density at radius 2 is 1.95 bits per heavy atom. The molecule has 2 heterocycles. The molecule has 3 nitrogen and oxygen atoms in total. The predicted molar refractivity (Wildman–Crippen MR) is 88.4 cm³/mol. The lowest BCUT2D eigenvalue weighted by Gasteiger charge is -2.18. The minimum absolute atomic E-state index is 0.606. The standard InChI is InChI=1S/C15H15N3S2/c1-18(10-12-8-5-9-19-12)15-13(14(16)17-20-15)11-6-3-2-4-7-11/h2-9H,10H2,1H3,(H2,16,17). The van der Waals surface area contributed by atoms with Crippen molar-refractivity contribution in [3.05, 3.63) is 52.7 Å². The molecule has 0 saturated heterocycles. The largest absolute Gasteiger partial charge is 0.382 e. The summed E-state index contributed by atoms with van der Waals surface area (Å²) in [6.07, 6.45) is 0. The van der Waals surface area contributed by atoms with Gasteiger partial charge < -0.3 is 10.6 Å². The number of benzene rings is 1. The molecular weight excluding hydrogens is 286 g/mol. The van der Waals surface area contributed by atoms with Gasteiger partial charge in [-0.05, 0) is 28.5 Å². The summed E-state index contributed by atoms with van der Waals surface area (Å²) in [4.78, 5) is 3.54. The molecule has 2 aromatic heterocycles. The van der Waals surface area contributed by atoms with Crippen LogP contribution in [0, 0.1) is 0 Å². The molecule has 0 radical (unpaired) electrons. The van der Waals surface area contributed by atoms with Gasteiger partial charge in [0.2, 0.25) is 0 Å². The molecule has 0 aliphatic rings. The Hall–Kier alpha value is -1.85. The van der Waals surface area contributed by atoms with Gasteiger partial charge in [0.25, 0.3) is 0 Å². The van der Waals surface area contributed by atoms with Gasteiger partial charge in [-0.3, -0.25) is 0 Å². The van der Waals surface area contributed by atoms with Crippen LogP contribution in [0.2, 0.25) is 0 Å². The van der Waals surface area contributed by atoms with Gasteiger partial charge in [0.15, 0.2) is 0 Å². The quantitative estimate of drug-likeness (QED) is 0.789. The molecule has 2 N–H and O–H groups in total. The van der Waals surface area contributed by atoms with E-state index in [1.54, 1.807) is 11.3 Å². The van der Waals surface area contributed by atoms with Gasteiger partial charge in [0, 0.05) is 11.9 Å². The van der Waals surface area contributed by atoms with Crippen LogP contribution < -0.4 is 10.6 Å². The number of aromatic nitrogens is 1. The second-order valence-corrected chi connectivity index (χ2v) is 6.33. The molecule has 102 valence electrons. The smallest absolute Gasteiger partial charge is 0.147 e. The van der Waals surface area contributed by atoms with E-state index in [2.05, 4.69) is 46.0 Å². The first-order valence-corrected chi connectivity index (χ1v) is 7.95. The Balaban J connectivity index is 1.94. The first kappa shape index (κ1) is 13.1. The maximum Gasteiger partial charge on any atom is 0.147 e. The van der Waals surface area contributed by atoms with Crippen LogP contribution in [0.4, 0.5) is 10.8 Å². The van der Waals surface area contributed by atoms with Gasteiger partial charge in [-0.15, -0.1) is 11.3 Å². The van der Waals surface area contributed by atoms with Crippen LogP contribution in [-0.2, 0) is 6.54 Å². The number of anilines is 2. The molecule has 20 heavy (non-hydrogen) atoms. The SMILES string of the molecule is CN(Cc1cccs1)c1snc(N)c1-c1ccccc1. The van der Waals surface area contributed by atoms with Crippen molar-refractivity contribution in [2.75, 3.05) is 17.7 Å². The van der Waals surface area contributed by atoms with E-state index in [0.717, 1.165) is 22.7 Å². The molecule has 0 aliphatic carbocycles. The predicted octanol–water partition coefficient (Wildman–Crippen LogP) is 4.09. The number of nitrogens with two attached hydrogens (primary N) is 1. The molecule has 0 aliphatic heterocycles. The maximum absolute atomic E-state index is 6.06. The monoisotopic (exact) mass is 301 g/mol. The normalized spacial score (nSPS) is 10.7. The Labute approximate surface area is 126 Å². The van der Waals surface area contributed by atoms with E-state index in [0.29, 0.717) is 5.82 Å². The molecular formula is C15H15N3S2. The van der Waals surface area contributed by atoms with Crippen LogP contribution >= 0.6 is 22.9 Å². The molecule has 0 fully saturated rings. The van der Waals surface area contributed by atoms with Gasteiger partial charge >= 0.3 is 0 Å². The molecule has 3 aromatic rings. The van der Waals surface area contributed by atoms with Crippen molar-refractivity contribution >= 4 is 33.7 Å². The highest BCUT2D eigenvalue weighted by Crippen LogP contribution is 2.39. The van der Waals surface area contributed by atoms with E-state index in [4.69, 9.17) is 5.73 Å². The lowest BCUT2D eigenvalue weighted by atomic mass is 10.1. The summed E-state index contributed by atoms with van der Waals surface area (Å²) in [6, 6.07) is 14.4. The van der Waals surface area contributed by atoms with E-state index in [1.165, 1.54) is 16.4 Å². The number of nitrogens with zero attached hydrogens (tertiary/aromatic N) is 2. The van der Waals surface area contributed by atoms with Crippen molar-refractivity contribution in [3.8, 4) is 11.1 Å². The number of hydrogen-bond acceptors (Lipinski definition) is 5. The lowest BCUT2D eigenvalue weighted by molar-refractivity contribution is 0.954. The number of thiophene rings is 1. The number of hydrogen-bond donors (Lipinski definition) is 1. The topological polar surface area (TPSA) is 42.2 Å². The fraction of sp³-hybridized carbons (Fsp3) is 0.133. The molecule has 0 bridgehead atoms. The first-order valence-electron chi connectivity index (χ1n) is 6.30. The molecule has 0 saturated carbocycles. The first-order chi connectivity index (χ1) is 9.75. The van der Waals surface area contributed by atoms with Gasteiger partial charge in [-0.2, -0.15) is 4.37 Å². The van der Waals surface area contributed by atoms with Crippen molar-refractivity contribution in [2.45, 2.75) is 6.54 Å². The zero-order valence-corrected chi connectivity index (χ0v) is 12.7.